The van der Waals surface area contributed by atoms with Gasteiger partial charge >= 0.3 is 6.61 Å². The van der Waals surface area contributed by atoms with Crippen molar-refractivity contribution in [3.63, 3.8) is 0 Å². The van der Waals surface area contributed by atoms with E-state index >= 15 is 0 Å². The summed E-state index contributed by atoms with van der Waals surface area (Å²) in [6.45, 7) is 0.583. The van der Waals surface area contributed by atoms with Crippen molar-refractivity contribution in [1.29, 1.82) is 0 Å². The first-order valence-electron chi connectivity index (χ1n) is 4.45. The molecule has 0 aliphatic heterocycles. The van der Waals surface area contributed by atoms with Crippen molar-refractivity contribution in [3.8, 4) is 5.75 Å². The molecule has 0 fully saturated rings. The number of ether oxygens (including phenoxy) is 1. The lowest BCUT2D eigenvalue weighted by molar-refractivity contribution is -0.0505. The van der Waals surface area contributed by atoms with Crippen LogP contribution in [0.25, 0.3) is 0 Å². The number of alkyl halides is 2. The molecule has 2 N–H and O–H groups in total. The Morgan fingerprint density at radius 1 is 1.33 bits per heavy atom. The highest BCUT2D eigenvalue weighted by Crippen LogP contribution is 2.25. The maximum atomic E-state index is 12.0. The molecule has 84 valence electrons. The third-order valence-corrected chi connectivity index (χ3v) is 2.10. The molecule has 0 bridgehead atoms. The van der Waals surface area contributed by atoms with Crippen LogP contribution in [-0.4, -0.2) is 6.61 Å². The number of rotatable bonds is 4. The zero-order valence-corrected chi connectivity index (χ0v) is 8.54. The monoisotopic (exact) mass is 217 g/mol. The normalized spacial score (nSPS) is 12.9. The van der Waals surface area contributed by atoms with Gasteiger partial charge in [0.25, 0.3) is 0 Å². The van der Waals surface area contributed by atoms with Crippen molar-refractivity contribution in [2.75, 3.05) is 0 Å². The fraction of sp³-hybridized carbons (Fsp3) is 0.400. The van der Waals surface area contributed by atoms with E-state index in [4.69, 9.17) is 5.90 Å². The molecule has 1 rings (SSSR count). The number of hydrogen-bond acceptors (Lipinski definition) is 3. The van der Waals surface area contributed by atoms with Crippen LogP contribution in [0, 0.1) is 6.92 Å². The van der Waals surface area contributed by atoms with Crippen molar-refractivity contribution in [1.82, 2.24) is 0 Å². The molecule has 0 spiro atoms. The van der Waals surface area contributed by atoms with E-state index in [-0.39, 0.29) is 11.9 Å². The molecule has 0 amide bonds. The van der Waals surface area contributed by atoms with E-state index in [0.29, 0.717) is 11.1 Å². The van der Waals surface area contributed by atoms with E-state index in [0.717, 1.165) is 0 Å². The summed E-state index contributed by atoms with van der Waals surface area (Å²) in [5.41, 5.74) is 1.34. The highest BCUT2D eigenvalue weighted by Gasteiger charge is 2.11. The van der Waals surface area contributed by atoms with E-state index in [2.05, 4.69) is 9.57 Å². The Balaban J connectivity index is 2.94. The van der Waals surface area contributed by atoms with E-state index in [1.165, 1.54) is 6.07 Å². The summed E-state index contributed by atoms with van der Waals surface area (Å²) in [7, 11) is 0. The van der Waals surface area contributed by atoms with Crippen molar-refractivity contribution in [3.05, 3.63) is 29.3 Å². The number of hydrogen-bond donors (Lipinski definition) is 1. The van der Waals surface area contributed by atoms with Crippen molar-refractivity contribution in [2.24, 2.45) is 5.90 Å². The number of aryl methyl sites for hydroxylation is 1. The molecule has 0 aliphatic carbocycles. The fourth-order valence-corrected chi connectivity index (χ4v) is 1.17. The quantitative estimate of drug-likeness (QED) is 0.788. The molecular formula is C10H13F2NO2. The molecule has 0 heterocycles. The minimum atomic E-state index is -2.83. The Bertz CT molecular complexity index is 331. The Labute approximate surface area is 86.7 Å². The molecule has 1 atom stereocenters. The Hall–Kier alpha value is -1.20. The first-order valence-corrected chi connectivity index (χ1v) is 4.45. The van der Waals surface area contributed by atoms with Gasteiger partial charge in [-0.3, -0.25) is 4.84 Å². The number of halogens is 2. The van der Waals surface area contributed by atoms with Gasteiger partial charge in [-0.1, -0.05) is 12.1 Å². The highest BCUT2D eigenvalue weighted by atomic mass is 19.3. The lowest BCUT2D eigenvalue weighted by atomic mass is 10.1. The Kier molecular flexibility index (Phi) is 3.99. The standard InChI is InChI=1S/C10H13F2NO2/c1-6-3-4-8(7(2)15-13)5-9(6)14-10(11)12/h3-5,7,10H,13H2,1-2H3. The smallest absolute Gasteiger partial charge is 0.387 e. The maximum absolute atomic E-state index is 12.0. The third-order valence-electron chi connectivity index (χ3n) is 2.10. The van der Waals surface area contributed by atoms with E-state index in [1.54, 1.807) is 26.0 Å². The van der Waals surface area contributed by atoms with Crippen LogP contribution in [0.2, 0.25) is 0 Å². The van der Waals surface area contributed by atoms with Crippen molar-refractivity contribution < 1.29 is 18.4 Å². The number of nitrogens with two attached hydrogens (primary N) is 1. The molecule has 0 aromatic heterocycles. The largest absolute Gasteiger partial charge is 0.435 e. The molecule has 0 saturated carbocycles. The average Bonchev–Trinajstić information content (AvgIpc) is 2.19. The van der Waals surface area contributed by atoms with Crippen LogP contribution in [-0.2, 0) is 4.84 Å². The summed E-state index contributed by atoms with van der Waals surface area (Å²) in [5, 5.41) is 0. The molecule has 1 aromatic carbocycles. The molecule has 1 unspecified atom stereocenters. The minimum Gasteiger partial charge on any atom is -0.435 e. The van der Waals surface area contributed by atoms with E-state index in [9.17, 15) is 8.78 Å². The van der Waals surface area contributed by atoms with Gasteiger partial charge in [-0.25, -0.2) is 5.90 Å². The molecule has 3 nitrogen and oxygen atoms in total. The van der Waals surface area contributed by atoms with Gasteiger partial charge in [0.05, 0.1) is 0 Å². The molecule has 0 saturated heterocycles. The van der Waals surface area contributed by atoms with Crippen LogP contribution in [0.4, 0.5) is 8.78 Å². The average molecular weight is 217 g/mol. The summed E-state index contributed by atoms with van der Waals surface area (Å²) >= 11 is 0. The first kappa shape index (κ1) is 11.9. The lowest BCUT2D eigenvalue weighted by Gasteiger charge is -2.13. The maximum Gasteiger partial charge on any atom is 0.387 e. The van der Waals surface area contributed by atoms with Gasteiger partial charge in [0.2, 0.25) is 0 Å². The molecule has 0 radical (unpaired) electrons. The first-order chi connectivity index (χ1) is 7.04. The van der Waals surface area contributed by atoms with Gasteiger partial charge < -0.3 is 4.74 Å². The summed E-state index contributed by atoms with van der Waals surface area (Å²) < 4.78 is 28.4. The zero-order chi connectivity index (χ0) is 11.4. The fourth-order valence-electron chi connectivity index (χ4n) is 1.17. The van der Waals surface area contributed by atoms with Gasteiger partial charge in [-0.15, -0.1) is 0 Å². The predicted octanol–water partition coefficient (Wildman–Crippen LogP) is 2.55. The van der Waals surface area contributed by atoms with Crippen LogP contribution in [0.3, 0.4) is 0 Å². The summed E-state index contributed by atoms with van der Waals surface area (Å²) in [6.07, 6.45) is -0.356. The van der Waals surface area contributed by atoms with Crippen molar-refractivity contribution in [2.45, 2.75) is 26.6 Å². The third kappa shape index (κ3) is 3.14. The van der Waals surface area contributed by atoms with E-state index in [1.807, 2.05) is 0 Å². The molecule has 1 aromatic rings. The second kappa shape index (κ2) is 5.04. The van der Waals surface area contributed by atoms with Gasteiger partial charge in [0, 0.05) is 0 Å². The SMILES string of the molecule is Cc1ccc(C(C)ON)cc1OC(F)F. The van der Waals surface area contributed by atoms with Gasteiger partial charge in [-0.2, -0.15) is 8.78 Å². The van der Waals surface area contributed by atoms with Crippen LogP contribution in [0.15, 0.2) is 18.2 Å². The summed E-state index contributed by atoms with van der Waals surface area (Å²) in [5.74, 6) is 5.15. The predicted molar refractivity (Wildman–Crippen MR) is 51.5 cm³/mol. The second-order valence-electron chi connectivity index (χ2n) is 3.18. The molecule has 5 heteroatoms. The van der Waals surface area contributed by atoms with Gasteiger partial charge in [0.1, 0.15) is 11.9 Å². The van der Waals surface area contributed by atoms with Crippen LogP contribution in [0.5, 0.6) is 5.75 Å². The Morgan fingerprint density at radius 2 is 2.00 bits per heavy atom. The van der Waals surface area contributed by atoms with Crippen LogP contribution < -0.4 is 10.6 Å². The lowest BCUT2D eigenvalue weighted by Crippen LogP contribution is -2.07. The molecule has 15 heavy (non-hydrogen) atoms. The van der Waals surface area contributed by atoms with Crippen molar-refractivity contribution >= 4 is 0 Å². The summed E-state index contributed by atoms with van der Waals surface area (Å²) in [4.78, 5) is 4.59. The number of benzene rings is 1. The minimum absolute atomic E-state index is 0.145. The molecule has 0 aliphatic rings. The Morgan fingerprint density at radius 3 is 2.53 bits per heavy atom. The van der Waals surface area contributed by atoms with Gasteiger partial charge in [-0.05, 0) is 31.0 Å². The van der Waals surface area contributed by atoms with Crippen LogP contribution >= 0.6 is 0 Å². The molecular weight excluding hydrogens is 204 g/mol. The van der Waals surface area contributed by atoms with E-state index < -0.39 is 6.61 Å². The van der Waals surface area contributed by atoms with Crippen LogP contribution in [0.1, 0.15) is 24.2 Å². The van der Waals surface area contributed by atoms with Gasteiger partial charge in [0.15, 0.2) is 0 Å². The topological polar surface area (TPSA) is 44.5 Å². The summed E-state index contributed by atoms with van der Waals surface area (Å²) in [6, 6.07) is 4.94. The highest BCUT2D eigenvalue weighted by molar-refractivity contribution is 5.37. The zero-order valence-electron chi connectivity index (χ0n) is 8.54. The second-order valence-corrected chi connectivity index (χ2v) is 3.18.